The molecule has 0 aliphatic carbocycles. The number of carbonyl (C=O) groups is 2. The van der Waals surface area contributed by atoms with Crippen LogP contribution in [0.3, 0.4) is 0 Å². The molecule has 0 aliphatic rings. The van der Waals surface area contributed by atoms with E-state index < -0.39 is 11.9 Å². The Morgan fingerprint density at radius 1 is 0.900 bits per heavy atom. The smallest absolute Gasteiger partial charge is 0.317 e. The van der Waals surface area contributed by atoms with E-state index in [1.807, 2.05) is 12.1 Å². The Kier molecular flexibility index (Phi) is 9.11. The predicted molar refractivity (Wildman–Crippen MR) is 115 cm³/mol. The molecule has 0 radical (unpaired) electrons. The van der Waals surface area contributed by atoms with Crippen LogP contribution in [-0.4, -0.2) is 68.4 Å². The highest BCUT2D eigenvalue weighted by Crippen LogP contribution is 2.18. The molecule has 8 nitrogen and oxygen atoms in total. The van der Waals surface area contributed by atoms with Crippen molar-refractivity contribution >= 4 is 35.0 Å². The molecule has 0 unspecified atom stereocenters. The summed E-state index contributed by atoms with van der Waals surface area (Å²) in [6, 6.07) is 13.9. The van der Waals surface area contributed by atoms with Gasteiger partial charge in [0.25, 0.3) is 0 Å². The molecule has 158 valence electrons. The second-order valence-corrected chi connectivity index (χ2v) is 6.89. The first-order valence-corrected chi connectivity index (χ1v) is 9.60. The highest BCUT2D eigenvalue weighted by atomic mass is 32.1. The summed E-state index contributed by atoms with van der Waals surface area (Å²) in [5.41, 5.74) is 2.16. The zero-order valence-corrected chi connectivity index (χ0v) is 17.1. The Balaban J connectivity index is 2.06. The molecule has 0 saturated carbocycles. The SMILES string of the molecule is O=C(O)CN(CCN(CC(=O)O)Cc1ccccc1O)Cc1ccc(N=C=S)cc1. The number of carboxylic acid groups (broad SMARTS) is 2. The van der Waals surface area contributed by atoms with E-state index in [2.05, 4.69) is 22.4 Å². The van der Waals surface area contributed by atoms with Gasteiger partial charge in [-0.2, -0.15) is 4.99 Å². The van der Waals surface area contributed by atoms with Crippen LogP contribution in [-0.2, 0) is 22.7 Å². The predicted octanol–water partition coefficient (Wildman–Crippen LogP) is 2.60. The number of isothiocyanates is 1. The van der Waals surface area contributed by atoms with E-state index in [1.165, 1.54) is 0 Å². The minimum atomic E-state index is -0.995. The van der Waals surface area contributed by atoms with Crippen LogP contribution in [0.25, 0.3) is 0 Å². The van der Waals surface area contributed by atoms with Gasteiger partial charge in [0.2, 0.25) is 0 Å². The van der Waals surface area contributed by atoms with Crippen molar-refractivity contribution in [3.05, 3.63) is 59.7 Å². The number of thiocarbonyl (C=S) groups is 1. The largest absolute Gasteiger partial charge is 0.508 e. The van der Waals surface area contributed by atoms with E-state index in [4.69, 9.17) is 0 Å². The van der Waals surface area contributed by atoms with E-state index in [-0.39, 0.29) is 25.4 Å². The van der Waals surface area contributed by atoms with Gasteiger partial charge in [-0.05, 0) is 36.0 Å². The van der Waals surface area contributed by atoms with E-state index in [1.54, 1.807) is 46.2 Å². The molecule has 2 rings (SSSR count). The monoisotopic (exact) mass is 429 g/mol. The lowest BCUT2D eigenvalue weighted by Crippen LogP contribution is -2.39. The Bertz CT molecular complexity index is 913. The van der Waals surface area contributed by atoms with Gasteiger partial charge in [0.15, 0.2) is 0 Å². The molecule has 30 heavy (non-hydrogen) atoms. The first-order valence-electron chi connectivity index (χ1n) is 9.19. The van der Waals surface area contributed by atoms with Gasteiger partial charge in [0.05, 0.1) is 23.9 Å². The summed E-state index contributed by atoms with van der Waals surface area (Å²) in [6.07, 6.45) is 0. The molecule has 2 aromatic carbocycles. The number of aliphatic carboxylic acids is 2. The second kappa shape index (κ2) is 11.8. The minimum absolute atomic E-state index is 0.0920. The molecule has 0 aromatic heterocycles. The third-order valence-electron chi connectivity index (χ3n) is 4.35. The van der Waals surface area contributed by atoms with Crippen molar-refractivity contribution in [3.8, 4) is 5.75 Å². The summed E-state index contributed by atoms with van der Waals surface area (Å²) in [5, 5.41) is 30.7. The lowest BCUT2D eigenvalue weighted by atomic mass is 10.1. The van der Waals surface area contributed by atoms with Crippen LogP contribution in [0.2, 0.25) is 0 Å². The Labute approximate surface area is 179 Å². The van der Waals surface area contributed by atoms with Crippen LogP contribution >= 0.6 is 12.2 Å². The van der Waals surface area contributed by atoms with Crippen molar-refractivity contribution in [1.82, 2.24) is 9.80 Å². The number of phenolic OH excluding ortho intramolecular Hbond substituents is 1. The standard InChI is InChI=1S/C21H23N3O5S/c25-19-4-2-1-3-17(19)12-24(14-21(28)29)10-9-23(13-20(26)27)11-16-5-7-18(8-6-16)22-15-30/h1-8,25H,9-14H2,(H,26,27)(H,28,29). The topological polar surface area (TPSA) is 114 Å². The average Bonchev–Trinajstić information content (AvgIpc) is 2.68. The van der Waals surface area contributed by atoms with Crippen LogP contribution in [0.1, 0.15) is 11.1 Å². The molecular formula is C21H23N3O5S. The summed E-state index contributed by atoms with van der Waals surface area (Å²) in [5.74, 6) is -1.87. The summed E-state index contributed by atoms with van der Waals surface area (Å²) >= 11 is 4.58. The Hall–Kier alpha value is -3.10. The Morgan fingerprint density at radius 2 is 1.47 bits per heavy atom. The van der Waals surface area contributed by atoms with Crippen LogP contribution in [0.5, 0.6) is 5.75 Å². The molecule has 0 bridgehead atoms. The van der Waals surface area contributed by atoms with E-state index in [0.29, 0.717) is 30.9 Å². The fraction of sp³-hybridized carbons (Fsp3) is 0.286. The second-order valence-electron chi connectivity index (χ2n) is 6.71. The zero-order valence-electron chi connectivity index (χ0n) is 16.3. The number of para-hydroxylation sites is 1. The maximum absolute atomic E-state index is 11.3. The van der Waals surface area contributed by atoms with E-state index in [9.17, 15) is 24.9 Å². The fourth-order valence-electron chi connectivity index (χ4n) is 2.97. The normalized spacial score (nSPS) is 10.7. The number of benzene rings is 2. The Morgan fingerprint density at radius 3 is 2.00 bits per heavy atom. The summed E-state index contributed by atoms with van der Waals surface area (Å²) in [7, 11) is 0. The quantitative estimate of drug-likeness (QED) is 0.349. The molecule has 3 N–H and O–H groups in total. The molecule has 0 aliphatic heterocycles. The number of aliphatic imine (C=N–C) groups is 1. The number of rotatable bonds is 12. The summed E-state index contributed by atoms with van der Waals surface area (Å²) in [4.78, 5) is 29.8. The number of nitrogens with zero attached hydrogens (tertiary/aromatic N) is 3. The van der Waals surface area contributed by atoms with Gasteiger partial charge >= 0.3 is 11.9 Å². The van der Waals surface area contributed by atoms with Gasteiger partial charge in [-0.1, -0.05) is 30.3 Å². The third kappa shape index (κ3) is 8.10. The number of hydrogen-bond donors (Lipinski definition) is 3. The number of hydrogen-bond acceptors (Lipinski definition) is 7. The molecule has 0 saturated heterocycles. The van der Waals surface area contributed by atoms with E-state index in [0.717, 1.165) is 5.56 Å². The van der Waals surface area contributed by atoms with Crippen molar-refractivity contribution in [2.45, 2.75) is 13.1 Å². The van der Waals surface area contributed by atoms with Gasteiger partial charge in [-0.25, -0.2) is 0 Å². The van der Waals surface area contributed by atoms with Crippen molar-refractivity contribution in [1.29, 1.82) is 0 Å². The summed E-state index contributed by atoms with van der Waals surface area (Å²) < 4.78 is 0. The van der Waals surface area contributed by atoms with Crippen molar-refractivity contribution in [3.63, 3.8) is 0 Å². The van der Waals surface area contributed by atoms with Crippen molar-refractivity contribution in [2.24, 2.45) is 4.99 Å². The molecule has 0 heterocycles. The van der Waals surface area contributed by atoms with Crippen molar-refractivity contribution < 1.29 is 24.9 Å². The lowest BCUT2D eigenvalue weighted by molar-refractivity contribution is -0.140. The third-order valence-corrected chi connectivity index (χ3v) is 4.44. The maximum atomic E-state index is 11.3. The number of aromatic hydroxyl groups is 1. The molecule has 2 aromatic rings. The van der Waals surface area contributed by atoms with Crippen LogP contribution in [0.4, 0.5) is 5.69 Å². The molecule has 0 spiro atoms. The molecule has 9 heteroatoms. The molecular weight excluding hydrogens is 406 g/mol. The zero-order chi connectivity index (χ0) is 21.9. The highest BCUT2D eigenvalue weighted by molar-refractivity contribution is 7.78. The van der Waals surface area contributed by atoms with Gasteiger partial charge in [-0.15, -0.1) is 0 Å². The van der Waals surface area contributed by atoms with Gasteiger partial charge in [0, 0.05) is 31.7 Å². The minimum Gasteiger partial charge on any atom is -0.508 e. The average molecular weight is 429 g/mol. The highest BCUT2D eigenvalue weighted by Gasteiger charge is 2.16. The first kappa shape index (κ1) is 23.2. The van der Waals surface area contributed by atoms with Crippen LogP contribution in [0.15, 0.2) is 53.5 Å². The molecule has 0 atom stereocenters. The number of phenols is 1. The summed E-state index contributed by atoms with van der Waals surface area (Å²) in [6.45, 7) is 0.876. The van der Waals surface area contributed by atoms with Crippen molar-refractivity contribution in [2.75, 3.05) is 26.2 Å². The lowest BCUT2D eigenvalue weighted by Gasteiger charge is -2.26. The number of carboxylic acids is 2. The fourth-order valence-corrected chi connectivity index (χ4v) is 3.07. The van der Waals surface area contributed by atoms with E-state index >= 15 is 0 Å². The molecule has 0 fully saturated rings. The maximum Gasteiger partial charge on any atom is 0.317 e. The van der Waals surface area contributed by atoms with Gasteiger partial charge < -0.3 is 15.3 Å². The first-order chi connectivity index (χ1) is 14.4. The molecule has 0 amide bonds. The van der Waals surface area contributed by atoms with Gasteiger partial charge in [0.1, 0.15) is 5.75 Å². The van der Waals surface area contributed by atoms with Gasteiger partial charge in [-0.3, -0.25) is 19.4 Å². The van der Waals surface area contributed by atoms with Crippen LogP contribution in [0, 0.1) is 0 Å². The van der Waals surface area contributed by atoms with Crippen LogP contribution < -0.4 is 0 Å².